The maximum absolute atomic E-state index is 13.3. The van der Waals surface area contributed by atoms with E-state index in [1.54, 1.807) is 6.92 Å². The molecule has 1 rings (SSSR count). The highest BCUT2D eigenvalue weighted by molar-refractivity contribution is 5.20. The second-order valence-electron chi connectivity index (χ2n) is 2.98. The van der Waals surface area contributed by atoms with Crippen LogP contribution in [-0.4, -0.2) is 21.5 Å². The highest BCUT2D eigenvalue weighted by Gasteiger charge is 2.35. The van der Waals surface area contributed by atoms with Crippen LogP contribution < -0.4 is 0 Å². The van der Waals surface area contributed by atoms with E-state index in [0.29, 0.717) is 5.56 Å². The smallest absolute Gasteiger partial charge is 0.291 e. The molecule has 0 saturated heterocycles. The lowest BCUT2D eigenvalue weighted by molar-refractivity contribution is -0.0347. The summed E-state index contributed by atoms with van der Waals surface area (Å²) in [4.78, 5) is 0. The highest BCUT2D eigenvalue weighted by atomic mass is 19.3. The molecule has 1 aromatic heterocycles. The van der Waals surface area contributed by atoms with E-state index < -0.39 is 19.0 Å². The Morgan fingerprint density at radius 3 is 2.62 bits per heavy atom. The van der Waals surface area contributed by atoms with E-state index >= 15 is 0 Å². The molecule has 0 saturated carbocycles. The minimum Gasteiger partial charge on any atom is -0.396 e. The summed E-state index contributed by atoms with van der Waals surface area (Å²) >= 11 is 0. The second kappa shape index (κ2) is 3.41. The number of nitrogens with zero attached hydrogens (tertiary/aromatic N) is 2. The molecule has 0 fully saturated rings. The Labute approximate surface area is 75.0 Å². The lowest BCUT2D eigenvalue weighted by Crippen LogP contribution is -2.20. The molecule has 1 heterocycles. The SMILES string of the molecule is Cc1cnn(C)c1C(F)(F)CCO. The summed E-state index contributed by atoms with van der Waals surface area (Å²) < 4.78 is 27.7. The molecule has 0 aliphatic carbocycles. The Bertz CT molecular complexity index is 277. The maximum Gasteiger partial charge on any atom is 0.291 e. The van der Waals surface area contributed by atoms with Crippen LogP contribution >= 0.6 is 0 Å². The molecule has 3 nitrogen and oxygen atoms in total. The van der Waals surface area contributed by atoms with Gasteiger partial charge in [0.1, 0.15) is 5.69 Å². The quantitative estimate of drug-likeness (QED) is 0.777. The van der Waals surface area contributed by atoms with Gasteiger partial charge >= 0.3 is 0 Å². The van der Waals surface area contributed by atoms with Crippen molar-refractivity contribution < 1.29 is 13.9 Å². The number of rotatable bonds is 3. The van der Waals surface area contributed by atoms with E-state index in [2.05, 4.69) is 5.10 Å². The van der Waals surface area contributed by atoms with Gasteiger partial charge < -0.3 is 5.11 Å². The predicted octanol–water partition coefficient (Wildman–Crippen LogP) is 1.20. The van der Waals surface area contributed by atoms with Gasteiger partial charge in [0.2, 0.25) is 0 Å². The Morgan fingerprint density at radius 1 is 1.62 bits per heavy atom. The van der Waals surface area contributed by atoms with Gasteiger partial charge in [0.15, 0.2) is 0 Å². The van der Waals surface area contributed by atoms with Crippen LogP contribution in [0, 0.1) is 6.92 Å². The van der Waals surface area contributed by atoms with Gasteiger partial charge in [-0.05, 0) is 12.5 Å². The van der Waals surface area contributed by atoms with Gasteiger partial charge in [0.25, 0.3) is 5.92 Å². The van der Waals surface area contributed by atoms with E-state index in [0.717, 1.165) is 4.68 Å². The molecule has 1 N–H and O–H groups in total. The van der Waals surface area contributed by atoms with Gasteiger partial charge in [-0.3, -0.25) is 4.68 Å². The lowest BCUT2D eigenvalue weighted by atomic mass is 10.1. The average molecular weight is 190 g/mol. The van der Waals surface area contributed by atoms with Crippen LogP contribution in [0.2, 0.25) is 0 Å². The molecule has 0 aliphatic heterocycles. The van der Waals surface area contributed by atoms with E-state index in [-0.39, 0.29) is 5.69 Å². The molecule has 0 radical (unpaired) electrons. The van der Waals surface area contributed by atoms with Crippen molar-refractivity contribution in [2.24, 2.45) is 7.05 Å². The van der Waals surface area contributed by atoms with Crippen LogP contribution in [0.25, 0.3) is 0 Å². The van der Waals surface area contributed by atoms with E-state index in [9.17, 15) is 8.78 Å². The third-order valence-electron chi connectivity index (χ3n) is 1.89. The van der Waals surface area contributed by atoms with Gasteiger partial charge in [0.05, 0.1) is 6.20 Å². The topological polar surface area (TPSA) is 38.0 Å². The van der Waals surface area contributed by atoms with E-state index in [1.807, 2.05) is 0 Å². The number of aromatic nitrogens is 2. The first-order valence-corrected chi connectivity index (χ1v) is 3.97. The number of aliphatic hydroxyl groups excluding tert-OH is 1. The first-order valence-electron chi connectivity index (χ1n) is 3.97. The summed E-state index contributed by atoms with van der Waals surface area (Å²) in [6.07, 6.45) is 0.827. The molecule has 74 valence electrons. The third-order valence-corrected chi connectivity index (χ3v) is 1.89. The van der Waals surface area contributed by atoms with Crippen LogP contribution in [0.15, 0.2) is 6.20 Å². The molecule has 0 amide bonds. The molecule has 0 aliphatic rings. The zero-order valence-electron chi connectivity index (χ0n) is 7.59. The monoisotopic (exact) mass is 190 g/mol. The van der Waals surface area contributed by atoms with Crippen molar-refractivity contribution >= 4 is 0 Å². The molecule has 0 aromatic carbocycles. The number of halogens is 2. The summed E-state index contributed by atoms with van der Waals surface area (Å²) in [6, 6.07) is 0. The van der Waals surface area contributed by atoms with Crippen LogP contribution in [0.3, 0.4) is 0 Å². The first kappa shape index (κ1) is 10.1. The fraction of sp³-hybridized carbons (Fsp3) is 0.625. The summed E-state index contributed by atoms with van der Waals surface area (Å²) in [6.45, 7) is 1.05. The van der Waals surface area contributed by atoms with Crippen molar-refractivity contribution in [2.45, 2.75) is 19.3 Å². The van der Waals surface area contributed by atoms with Crippen molar-refractivity contribution in [3.05, 3.63) is 17.5 Å². The number of aryl methyl sites for hydroxylation is 2. The molecule has 1 aromatic rings. The second-order valence-corrected chi connectivity index (χ2v) is 2.98. The normalized spacial score (nSPS) is 12.1. The number of hydrogen-bond donors (Lipinski definition) is 1. The molecule has 13 heavy (non-hydrogen) atoms. The van der Waals surface area contributed by atoms with Crippen molar-refractivity contribution in [3.63, 3.8) is 0 Å². The van der Waals surface area contributed by atoms with E-state index in [1.165, 1.54) is 13.2 Å². The largest absolute Gasteiger partial charge is 0.396 e. The molecule has 0 spiro atoms. The van der Waals surface area contributed by atoms with Crippen LogP contribution in [0.4, 0.5) is 8.78 Å². The average Bonchev–Trinajstić information content (AvgIpc) is 2.31. The van der Waals surface area contributed by atoms with E-state index in [4.69, 9.17) is 5.11 Å². The number of hydrogen-bond acceptors (Lipinski definition) is 2. The van der Waals surface area contributed by atoms with Gasteiger partial charge in [-0.1, -0.05) is 0 Å². The highest BCUT2D eigenvalue weighted by Crippen LogP contribution is 2.32. The summed E-state index contributed by atoms with van der Waals surface area (Å²) in [5.41, 5.74) is 0.322. The number of alkyl halides is 2. The summed E-state index contributed by atoms with van der Waals surface area (Å²) in [5.74, 6) is -3.00. The van der Waals surface area contributed by atoms with Crippen molar-refractivity contribution in [1.29, 1.82) is 0 Å². The molecular weight excluding hydrogens is 178 g/mol. The third kappa shape index (κ3) is 1.85. The van der Waals surface area contributed by atoms with Crippen LogP contribution in [0.5, 0.6) is 0 Å². The fourth-order valence-electron chi connectivity index (χ4n) is 1.33. The fourth-order valence-corrected chi connectivity index (χ4v) is 1.33. The zero-order chi connectivity index (χ0) is 10.1. The molecule has 0 atom stereocenters. The molecule has 0 unspecified atom stereocenters. The maximum atomic E-state index is 13.3. The Kier molecular flexibility index (Phi) is 2.66. The van der Waals surface area contributed by atoms with Crippen molar-refractivity contribution in [1.82, 2.24) is 9.78 Å². The van der Waals surface area contributed by atoms with Crippen LogP contribution in [-0.2, 0) is 13.0 Å². The van der Waals surface area contributed by atoms with Gasteiger partial charge in [-0.2, -0.15) is 13.9 Å². The summed E-state index contributed by atoms with van der Waals surface area (Å²) in [7, 11) is 1.47. The minimum absolute atomic E-state index is 0.124. The van der Waals surface area contributed by atoms with Crippen molar-refractivity contribution in [3.8, 4) is 0 Å². The molecule has 0 bridgehead atoms. The lowest BCUT2D eigenvalue weighted by Gasteiger charge is -2.16. The predicted molar refractivity (Wildman–Crippen MR) is 43.5 cm³/mol. The molecule has 5 heteroatoms. The zero-order valence-corrected chi connectivity index (χ0v) is 7.59. The molecular formula is C8H12F2N2O. The van der Waals surface area contributed by atoms with Crippen LogP contribution in [0.1, 0.15) is 17.7 Å². The minimum atomic E-state index is -3.00. The Morgan fingerprint density at radius 2 is 2.23 bits per heavy atom. The first-order chi connectivity index (χ1) is 5.99. The van der Waals surface area contributed by atoms with Gasteiger partial charge in [-0.25, -0.2) is 0 Å². The summed E-state index contributed by atoms with van der Waals surface area (Å²) in [5, 5.41) is 12.2. The number of aliphatic hydroxyl groups is 1. The Hall–Kier alpha value is -0.970. The van der Waals surface area contributed by atoms with Gasteiger partial charge in [0, 0.05) is 20.1 Å². The van der Waals surface area contributed by atoms with Gasteiger partial charge in [-0.15, -0.1) is 0 Å². The standard InChI is InChI=1S/C8H12F2N2O/c1-6-5-11-12(2)7(6)8(9,10)3-4-13/h5,13H,3-4H2,1-2H3. The Balaban J connectivity index is 3.05. The van der Waals surface area contributed by atoms with Crippen molar-refractivity contribution in [2.75, 3.05) is 6.61 Å².